The Labute approximate surface area is 107 Å². The number of hydrogen-bond donors (Lipinski definition) is 2. The molecule has 0 aliphatic rings. The molecule has 0 aromatic heterocycles. The van der Waals surface area contributed by atoms with Crippen LogP contribution in [0.15, 0.2) is 36.4 Å². The van der Waals surface area contributed by atoms with E-state index in [1.54, 1.807) is 38.1 Å². The van der Waals surface area contributed by atoms with Crippen molar-refractivity contribution in [1.29, 1.82) is 0 Å². The lowest BCUT2D eigenvalue weighted by Crippen LogP contribution is -2.15. The van der Waals surface area contributed by atoms with Gasteiger partial charge in [-0.1, -0.05) is 12.6 Å². The van der Waals surface area contributed by atoms with E-state index in [4.69, 9.17) is 0 Å². The molecule has 0 saturated heterocycles. The van der Waals surface area contributed by atoms with Crippen LogP contribution in [-0.4, -0.2) is 20.1 Å². The molecule has 2 N–H and O–H groups in total. The molecule has 0 radical (unpaired) electrons. The Balaban J connectivity index is 2.86. The van der Waals surface area contributed by atoms with Crippen molar-refractivity contribution in [2.45, 2.75) is 13.8 Å². The zero-order valence-corrected chi connectivity index (χ0v) is 11.2. The van der Waals surface area contributed by atoms with Gasteiger partial charge in [0.15, 0.2) is 0 Å². The van der Waals surface area contributed by atoms with Crippen molar-refractivity contribution in [2.24, 2.45) is 0 Å². The summed E-state index contributed by atoms with van der Waals surface area (Å²) >= 11 is 0. The zero-order chi connectivity index (χ0) is 13.8. The molecule has 0 aliphatic carbocycles. The molecule has 18 heavy (non-hydrogen) atoms. The number of rotatable bonds is 5. The number of nitrogens with one attached hydrogen (secondary N) is 2. The minimum Gasteiger partial charge on any atom is -0.322 e. The first-order valence-electron chi connectivity index (χ1n) is 5.41. The minimum absolute atomic E-state index is 0.00461. The lowest BCUT2D eigenvalue weighted by molar-refractivity contribution is -0.112. The maximum absolute atomic E-state index is 11.4. The van der Waals surface area contributed by atoms with Gasteiger partial charge in [0.25, 0.3) is 5.91 Å². The van der Waals surface area contributed by atoms with Crippen LogP contribution in [0.1, 0.15) is 13.8 Å². The van der Waals surface area contributed by atoms with E-state index >= 15 is 0 Å². The zero-order valence-electron chi connectivity index (χ0n) is 10.4. The van der Waals surface area contributed by atoms with Gasteiger partial charge in [0.1, 0.15) is 0 Å². The highest BCUT2D eigenvalue weighted by Gasteiger charge is 2.08. The number of carbonyl (C=O) groups excluding carboxylic acids is 1. The second-order valence-electron chi connectivity index (χ2n) is 3.82. The number of benzene rings is 1. The summed E-state index contributed by atoms with van der Waals surface area (Å²) in [5, 5.41) is 2.61. The molecule has 98 valence electrons. The molecular weight excluding hydrogens is 252 g/mol. The van der Waals surface area contributed by atoms with E-state index in [1.807, 2.05) is 0 Å². The topological polar surface area (TPSA) is 75.3 Å². The second-order valence-corrected chi connectivity index (χ2v) is 5.83. The summed E-state index contributed by atoms with van der Waals surface area (Å²) in [6, 6.07) is 6.49. The molecule has 0 heterocycles. The third kappa shape index (κ3) is 4.21. The number of anilines is 2. The quantitative estimate of drug-likeness (QED) is 0.802. The molecule has 0 saturated carbocycles. The number of sulfonamides is 1. The Kier molecular flexibility index (Phi) is 4.49. The average molecular weight is 268 g/mol. The molecule has 0 unspecified atom stereocenters. The van der Waals surface area contributed by atoms with E-state index in [0.29, 0.717) is 16.9 Å². The van der Waals surface area contributed by atoms with Crippen LogP contribution in [0.4, 0.5) is 11.4 Å². The Bertz CT molecular complexity index is 564. The first kappa shape index (κ1) is 14.2. The van der Waals surface area contributed by atoms with Crippen LogP contribution >= 0.6 is 0 Å². The molecule has 0 aliphatic heterocycles. The van der Waals surface area contributed by atoms with E-state index in [-0.39, 0.29) is 11.7 Å². The van der Waals surface area contributed by atoms with Gasteiger partial charge in [0.2, 0.25) is 10.0 Å². The van der Waals surface area contributed by atoms with E-state index in [9.17, 15) is 13.2 Å². The molecule has 0 bridgehead atoms. The molecule has 0 fully saturated rings. The lowest BCUT2D eigenvalue weighted by atomic mass is 10.2. The van der Waals surface area contributed by atoms with E-state index in [0.717, 1.165) is 0 Å². The molecule has 0 atom stereocenters. The third-order valence-corrected chi connectivity index (χ3v) is 3.47. The maximum Gasteiger partial charge on any atom is 0.250 e. The Morgan fingerprint density at radius 2 is 1.94 bits per heavy atom. The molecule has 6 heteroatoms. The van der Waals surface area contributed by atoms with Crippen LogP contribution in [0.3, 0.4) is 0 Å². The summed E-state index contributed by atoms with van der Waals surface area (Å²) in [5.74, 6) is -0.305. The number of carbonyl (C=O) groups is 1. The fourth-order valence-corrected chi connectivity index (χ4v) is 1.78. The van der Waals surface area contributed by atoms with Crippen molar-refractivity contribution in [1.82, 2.24) is 0 Å². The van der Waals surface area contributed by atoms with Crippen molar-refractivity contribution >= 4 is 27.3 Å². The molecule has 1 rings (SSSR count). The van der Waals surface area contributed by atoms with Crippen molar-refractivity contribution in [3.05, 3.63) is 36.4 Å². The Morgan fingerprint density at radius 1 is 1.33 bits per heavy atom. The van der Waals surface area contributed by atoms with Crippen LogP contribution in [-0.2, 0) is 14.8 Å². The largest absolute Gasteiger partial charge is 0.322 e. The summed E-state index contributed by atoms with van der Waals surface area (Å²) < 4.78 is 25.2. The predicted molar refractivity (Wildman–Crippen MR) is 73.0 cm³/mol. The first-order valence-corrected chi connectivity index (χ1v) is 7.06. The highest BCUT2D eigenvalue weighted by atomic mass is 32.2. The fourth-order valence-electron chi connectivity index (χ4n) is 1.15. The summed E-state index contributed by atoms with van der Waals surface area (Å²) in [4.78, 5) is 11.4. The fraction of sp³-hybridized carbons (Fsp3) is 0.250. The maximum atomic E-state index is 11.4. The number of hydrogen-bond acceptors (Lipinski definition) is 3. The highest BCUT2D eigenvalue weighted by Crippen LogP contribution is 2.16. The molecule has 1 amide bonds. The van der Waals surface area contributed by atoms with Crippen molar-refractivity contribution in [3.8, 4) is 0 Å². The smallest absolute Gasteiger partial charge is 0.250 e. The predicted octanol–water partition coefficient (Wildman–Crippen LogP) is 1.96. The summed E-state index contributed by atoms with van der Waals surface area (Å²) in [5.41, 5.74) is 1.31. The van der Waals surface area contributed by atoms with Crippen molar-refractivity contribution < 1.29 is 13.2 Å². The molecular formula is C12H16N2O3S. The summed E-state index contributed by atoms with van der Waals surface area (Å²) in [7, 11) is -3.31. The van der Waals surface area contributed by atoms with Gasteiger partial charge >= 0.3 is 0 Å². The van der Waals surface area contributed by atoms with Gasteiger partial charge in [-0.3, -0.25) is 9.52 Å². The SMILES string of the molecule is C=C(C)C(=O)Nc1cccc(NS(=O)(=O)CC)c1. The molecule has 1 aromatic carbocycles. The van der Waals surface area contributed by atoms with Gasteiger partial charge in [-0.05, 0) is 32.0 Å². The Morgan fingerprint density at radius 3 is 2.50 bits per heavy atom. The first-order chi connectivity index (χ1) is 8.34. The van der Waals surface area contributed by atoms with Crippen LogP contribution < -0.4 is 10.0 Å². The summed E-state index contributed by atoms with van der Waals surface area (Å²) in [6.45, 7) is 6.67. The van der Waals surface area contributed by atoms with Crippen molar-refractivity contribution in [2.75, 3.05) is 15.8 Å². The highest BCUT2D eigenvalue weighted by molar-refractivity contribution is 7.92. The van der Waals surface area contributed by atoms with Gasteiger partial charge in [0, 0.05) is 11.3 Å². The third-order valence-electron chi connectivity index (χ3n) is 2.16. The van der Waals surface area contributed by atoms with Crippen molar-refractivity contribution in [3.63, 3.8) is 0 Å². The second kappa shape index (κ2) is 5.68. The van der Waals surface area contributed by atoms with E-state index < -0.39 is 10.0 Å². The Hall–Kier alpha value is -1.82. The number of amides is 1. The lowest BCUT2D eigenvalue weighted by Gasteiger charge is -2.09. The van der Waals surface area contributed by atoms with Crippen LogP contribution in [0.5, 0.6) is 0 Å². The van der Waals surface area contributed by atoms with Crippen LogP contribution in [0.25, 0.3) is 0 Å². The van der Waals surface area contributed by atoms with Gasteiger partial charge in [-0.2, -0.15) is 0 Å². The minimum atomic E-state index is -3.31. The normalized spacial score (nSPS) is 10.8. The molecule has 5 nitrogen and oxygen atoms in total. The molecule has 1 aromatic rings. The molecule has 0 spiro atoms. The van der Waals surface area contributed by atoms with Crippen LogP contribution in [0.2, 0.25) is 0 Å². The summed E-state index contributed by atoms with van der Waals surface area (Å²) in [6.07, 6.45) is 0. The van der Waals surface area contributed by atoms with Gasteiger partial charge in [0.05, 0.1) is 11.4 Å². The standard InChI is InChI=1S/C12H16N2O3S/c1-4-18(16,17)14-11-7-5-6-10(8-11)13-12(15)9(2)3/h5-8,14H,2,4H2,1,3H3,(H,13,15). The average Bonchev–Trinajstić information content (AvgIpc) is 2.28. The van der Waals surface area contributed by atoms with Gasteiger partial charge < -0.3 is 5.32 Å². The van der Waals surface area contributed by atoms with Gasteiger partial charge in [-0.15, -0.1) is 0 Å². The van der Waals surface area contributed by atoms with E-state index in [2.05, 4.69) is 16.6 Å². The monoisotopic (exact) mass is 268 g/mol. The van der Waals surface area contributed by atoms with E-state index in [1.165, 1.54) is 0 Å². The van der Waals surface area contributed by atoms with Crippen LogP contribution in [0, 0.1) is 0 Å². The van der Waals surface area contributed by atoms with Gasteiger partial charge in [-0.25, -0.2) is 8.42 Å².